The van der Waals surface area contributed by atoms with E-state index in [2.05, 4.69) is 48.4 Å². The third kappa shape index (κ3) is 5.17. The second-order valence-corrected chi connectivity index (χ2v) is 9.01. The molecular formula is C21H23N3O2S2. The van der Waals surface area contributed by atoms with Gasteiger partial charge in [-0.15, -0.1) is 22.0 Å². The Hall–Kier alpha value is -2.25. The maximum absolute atomic E-state index is 12.2. The van der Waals surface area contributed by atoms with E-state index >= 15 is 0 Å². The van der Waals surface area contributed by atoms with Crippen LogP contribution >= 0.6 is 23.5 Å². The maximum Gasteiger partial charge on any atom is 0.277 e. The molecule has 0 saturated carbocycles. The molecular weight excluding hydrogens is 390 g/mol. The van der Waals surface area contributed by atoms with Gasteiger partial charge in [0, 0.05) is 10.5 Å². The molecule has 0 spiro atoms. The molecule has 7 heteroatoms. The van der Waals surface area contributed by atoms with Gasteiger partial charge in [0.1, 0.15) is 0 Å². The van der Waals surface area contributed by atoms with Gasteiger partial charge in [-0.05, 0) is 41.5 Å². The zero-order valence-corrected chi connectivity index (χ0v) is 18.0. The highest BCUT2D eigenvalue weighted by atomic mass is 32.2. The number of rotatable bonds is 6. The van der Waals surface area contributed by atoms with Crippen LogP contribution in [0.2, 0.25) is 0 Å². The van der Waals surface area contributed by atoms with Crippen molar-refractivity contribution in [2.45, 2.75) is 36.3 Å². The van der Waals surface area contributed by atoms with Crippen molar-refractivity contribution < 1.29 is 9.21 Å². The number of thioether (sulfide) groups is 2. The molecule has 0 aliphatic heterocycles. The maximum atomic E-state index is 12.2. The van der Waals surface area contributed by atoms with Crippen LogP contribution in [0.25, 0.3) is 11.5 Å². The summed E-state index contributed by atoms with van der Waals surface area (Å²) >= 11 is 2.82. The monoisotopic (exact) mass is 413 g/mol. The van der Waals surface area contributed by atoms with Crippen LogP contribution in [0.1, 0.15) is 26.3 Å². The Morgan fingerprint density at radius 2 is 1.79 bits per heavy atom. The predicted octanol–water partition coefficient (Wildman–Crippen LogP) is 5.49. The standard InChI is InChI=1S/C21H23N3O2S2/c1-21(2,3)15-11-9-14(10-12-15)19-23-24-20(26-19)28-13-18(25)22-16-7-5-6-8-17(16)27-4/h5-12H,13H2,1-4H3,(H,22,25). The summed E-state index contributed by atoms with van der Waals surface area (Å²) in [6.07, 6.45) is 1.98. The van der Waals surface area contributed by atoms with Crippen molar-refractivity contribution in [3.8, 4) is 11.5 Å². The van der Waals surface area contributed by atoms with Crippen LogP contribution in [0.4, 0.5) is 5.69 Å². The summed E-state index contributed by atoms with van der Waals surface area (Å²) in [5.74, 6) is 0.546. The van der Waals surface area contributed by atoms with Gasteiger partial charge in [0.15, 0.2) is 0 Å². The lowest BCUT2D eigenvalue weighted by atomic mass is 9.87. The molecule has 1 aromatic heterocycles. The molecule has 5 nitrogen and oxygen atoms in total. The molecule has 1 heterocycles. The minimum atomic E-state index is -0.110. The highest BCUT2D eigenvalue weighted by Gasteiger charge is 2.15. The van der Waals surface area contributed by atoms with E-state index in [1.807, 2.05) is 42.7 Å². The Morgan fingerprint density at radius 3 is 2.46 bits per heavy atom. The number of carbonyl (C=O) groups is 1. The van der Waals surface area contributed by atoms with E-state index in [1.54, 1.807) is 11.8 Å². The van der Waals surface area contributed by atoms with Crippen molar-refractivity contribution in [2.24, 2.45) is 0 Å². The molecule has 0 bridgehead atoms. The van der Waals surface area contributed by atoms with E-state index in [0.717, 1.165) is 16.1 Å². The van der Waals surface area contributed by atoms with Gasteiger partial charge in [-0.3, -0.25) is 4.79 Å². The van der Waals surface area contributed by atoms with E-state index < -0.39 is 0 Å². The number of para-hydroxylation sites is 1. The number of aromatic nitrogens is 2. The number of nitrogens with one attached hydrogen (secondary N) is 1. The minimum Gasteiger partial charge on any atom is -0.411 e. The number of carbonyl (C=O) groups excluding carboxylic acids is 1. The van der Waals surface area contributed by atoms with Crippen molar-refractivity contribution in [3.63, 3.8) is 0 Å². The third-order valence-corrected chi connectivity index (χ3v) is 5.73. The van der Waals surface area contributed by atoms with Crippen LogP contribution in [0.3, 0.4) is 0 Å². The molecule has 0 unspecified atom stereocenters. The number of hydrogen-bond donors (Lipinski definition) is 1. The third-order valence-electron chi connectivity index (χ3n) is 4.11. The second-order valence-electron chi connectivity index (χ2n) is 7.24. The Bertz CT molecular complexity index is 947. The molecule has 2 aromatic carbocycles. The fourth-order valence-corrected chi connectivity index (χ4v) is 3.68. The normalized spacial score (nSPS) is 11.4. The summed E-state index contributed by atoms with van der Waals surface area (Å²) in [7, 11) is 0. The van der Waals surface area contributed by atoms with E-state index in [9.17, 15) is 4.79 Å². The first-order valence-electron chi connectivity index (χ1n) is 8.87. The summed E-state index contributed by atoms with van der Waals surface area (Å²) in [4.78, 5) is 13.3. The van der Waals surface area contributed by atoms with E-state index in [0.29, 0.717) is 11.1 Å². The van der Waals surface area contributed by atoms with Crippen LogP contribution in [0.5, 0.6) is 0 Å². The first kappa shape index (κ1) is 20.5. The molecule has 0 saturated heterocycles. The highest BCUT2D eigenvalue weighted by Crippen LogP contribution is 2.28. The van der Waals surface area contributed by atoms with E-state index in [-0.39, 0.29) is 17.1 Å². The largest absolute Gasteiger partial charge is 0.411 e. The molecule has 3 aromatic rings. The molecule has 0 fully saturated rings. The molecule has 0 atom stereocenters. The van der Waals surface area contributed by atoms with E-state index in [1.165, 1.54) is 17.3 Å². The number of benzene rings is 2. The molecule has 1 N–H and O–H groups in total. The lowest BCUT2D eigenvalue weighted by Crippen LogP contribution is -2.14. The van der Waals surface area contributed by atoms with Gasteiger partial charge < -0.3 is 9.73 Å². The second kappa shape index (κ2) is 8.84. The molecule has 146 valence electrons. The van der Waals surface area contributed by atoms with Crippen molar-refractivity contribution >= 4 is 35.1 Å². The fourth-order valence-electron chi connectivity index (χ4n) is 2.56. The Morgan fingerprint density at radius 1 is 1.07 bits per heavy atom. The SMILES string of the molecule is CSc1ccccc1NC(=O)CSc1nnc(-c2ccc(C(C)(C)C)cc2)o1. The summed E-state index contributed by atoms with van der Waals surface area (Å²) in [6.45, 7) is 6.52. The Kier molecular flexibility index (Phi) is 6.46. The summed E-state index contributed by atoms with van der Waals surface area (Å²) < 4.78 is 5.70. The molecule has 0 aliphatic rings. The van der Waals surface area contributed by atoms with Crippen LogP contribution in [-0.4, -0.2) is 28.1 Å². The molecule has 0 radical (unpaired) electrons. The van der Waals surface area contributed by atoms with Crippen LogP contribution in [0, 0.1) is 0 Å². The predicted molar refractivity (Wildman–Crippen MR) is 116 cm³/mol. The smallest absolute Gasteiger partial charge is 0.277 e. The van der Waals surface area contributed by atoms with Crippen LogP contribution in [0.15, 0.2) is 63.1 Å². The molecule has 28 heavy (non-hydrogen) atoms. The number of nitrogens with zero attached hydrogens (tertiary/aromatic N) is 2. The van der Waals surface area contributed by atoms with Gasteiger partial charge in [-0.25, -0.2) is 0 Å². The Labute approximate surface area is 173 Å². The number of hydrogen-bond acceptors (Lipinski definition) is 6. The first-order chi connectivity index (χ1) is 13.4. The number of anilines is 1. The zero-order valence-electron chi connectivity index (χ0n) is 16.4. The molecule has 3 rings (SSSR count). The van der Waals surface area contributed by atoms with Crippen molar-refractivity contribution in [1.29, 1.82) is 0 Å². The van der Waals surface area contributed by atoms with Gasteiger partial charge >= 0.3 is 0 Å². The zero-order chi connectivity index (χ0) is 20.1. The van der Waals surface area contributed by atoms with Gasteiger partial charge in [0.05, 0.1) is 11.4 Å². The first-order valence-corrected chi connectivity index (χ1v) is 11.1. The lowest BCUT2D eigenvalue weighted by molar-refractivity contribution is -0.113. The molecule has 0 aliphatic carbocycles. The van der Waals surface area contributed by atoms with Crippen molar-refractivity contribution in [1.82, 2.24) is 10.2 Å². The molecule has 1 amide bonds. The average molecular weight is 414 g/mol. The van der Waals surface area contributed by atoms with Crippen molar-refractivity contribution in [3.05, 3.63) is 54.1 Å². The quantitative estimate of drug-likeness (QED) is 0.539. The summed E-state index contributed by atoms with van der Waals surface area (Å²) in [5, 5.41) is 11.4. The summed E-state index contributed by atoms with van der Waals surface area (Å²) in [5.41, 5.74) is 3.01. The van der Waals surface area contributed by atoms with Crippen molar-refractivity contribution in [2.75, 3.05) is 17.3 Å². The highest BCUT2D eigenvalue weighted by molar-refractivity contribution is 7.99. The topological polar surface area (TPSA) is 68.0 Å². The minimum absolute atomic E-state index is 0.0939. The fraction of sp³-hybridized carbons (Fsp3) is 0.286. The summed E-state index contributed by atoms with van der Waals surface area (Å²) in [6, 6.07) is 15.8. The van der Waals surface area contributed by atoms with Gasteiger partial charge in [-0.2, -0.15) is 0 Å². The van der Waals surface area contributed by atoms with Gasteiger partial charge in [0.2, 0.25) is 11.8 Å². The van der Waals surface area contributed by atoms with E-state index in [4.69, 9.17) is 4.42 Å². The average Bonchev–Trinajstić information content (AvgIpc) is 3.15. The number of amides is 1. The lowest BCUT2D eigenvalue weighted by Gasteiger charge is -2.18. The van der Waals surface area contributed by atoms with Gasteiger partial charge in [0.25, 0.3) is 5.22 Å². The van der Waals surface area contributed by atoms with Crippen LogP contribution < -0.4 is 5.32 Å². The van der Waals surface area contributed by atoms with Gasteiger partial charge in [-0.1, -0.05) is 56.8 Å². The van der Waals surface area contributed by atoms with Crippen LogP contribution in [-0.2, 0) is 10.2 Å². The Balaban J connectivity index is 1.59.